The first-order valence-electron chi connectivity index (χ1n) is 4.92. The van der Waals surface area contributed by atoms with Crippen LogP contribution in [0, 0.1) is 5.41 Å². The van der Waals surface area contributed by atoms with E-state index in [2.05, 4.69) is 20.3 Å². The largest absolute Gasteiger partial charge is 0.489 e. The maximum Gasteiger partial charge on any atom is 0.416 e. The Morgan fingerprint density at radius 2 is 2.05 bits per heavy atom. The van der Waals surface area contributed by atoms with Crippen molar-refractivity contribution in [2.24, 2.45) is 0 Å². The number of aromatic nitrogens is 2. The molecule has 0 saturated heterocycles. The van der Waals surface area contributed by atoms with Gasteiger partial charge in [0.15, 0.2) is 5.84 Å². The lowest BCUT2D eigenvalue weighted by atomic mass is 10.2. The van der Waals surface area contributed by atoms with Gasteiger partial charge in [-0.1, -0.05) is 6.07 Å². The van der Waals surface area contributed by atoms with Gasteiger partial charge in [0.05, 0.1) is 5.56 Å². The number of amidine groups is 1. The molecule has 0 amide bonds. The van der Waals surface area contributed by atoms with Crippen molar-refractivity contribution in [3.05, 3.63) is 35.5 Å². The molecule has 0 aliphatic carbocycles. The van der Waals surface area contributed by atoms with Crippen molar-refractivity contribution in [1.82, 2.24) is 10.3 Å². The lowest BCUT2D eigenvalue weighted by molar-refractivity contribution is -0.137. The molecule has 0 atom stereocenters. The minimum atomic E-state index is -4.47. The average molecular weight is 272 g/mol. The highest BCUT2D eigenvalue weighted by molar-refractivity contribution is 6.06. The van der Waals surface area contributed by atoms with E-state index < -0.39 is 23.5 Å². The van der Waals surface area contributed by atoms with Crippen LogP contribution in [-0.2, 0) is 6.18 Å². The molecule has 0 spiro atoms. The summed E-state index contributed by atoms with van der Waals surface area (Å²) in [6.07, 6.45) is -4.47. The van der Waals surface area contributed by atoms with Gasteiger partial charge in [0.1, 0.15) is 0 Å². The predicted molar refractivity (Wildman–Crippen MR) is 57.9 cm³/mol. The monoisotopic (exact) mass is 272 g/mol. The maximum absolute atomic E-state index is 12.5. The third-order valence-electron chi connectivity index (χ3n) is 2.17. The number of halogens is 3. The fraction of sp³-hybridized carbons (Fsp3) is 0.100. The van der Waals surface area contributed by atoms with Gasteiger partial charge in [0.25, 0.3) is 5.88 Å². The molecule has 19 heavy (non-hydrogen) atoms. The Kier molecular flexibility index (Phi) is 3.11. The number of nitrogens with one attached hydrogen (secondary N) is 2. The fourth-order valence-electron chi connectivity index (χ4n) is 1.32. The van der Waals surface area contributed by atoms with Gasteiger partial charge in [-0.2, -0.15) is 13.2 Å². The van der Waals surface area contributed by atoms with Crippen LogP contribution in [0.25, 0.3) is 0 Å². The molecule has 0 fully saturated rings. The van der Waals surface area contributed by atoms with Crippen LogP contribution < -0.4 is 5.32 Å². The third kappa shape index (κ3) is 2.81. The average Bonchev–Trinajstić information content (AvgIpc) is 2.75. The van der Waals surface area contributed by atoms with E-state index in [0.29, 0.717) is 0 Å². The van der Waals surface area contributed by atoms with Crippen LogP contribution in [0.3, 0.4) is 0 Å². The number of hydrogen-bond acceptors (Lipinski definition) is 5. The van der Waals surface area contributed by atoms with Gasteiger partial charge < -0.3 is 10.4 Å². The topological polar surface area (TPSA) is 95.0 Å². The number of alkyl halides is 3. The highest BCUT2D eigenvalue weighted by atomic mass is 19.4. The summed E-state index contributed by atoms with van der Waals surface area (Å²) >= 11 is 0. The van der Waals surface area contributed by atoms with Gasteiger partial charge in [-0.05, 0) is 28.5 Å². The number of hydrogen-bond donors (Lipinski definition) is 3. The Morgan fingerprint density at radius 1 is 1.32 bits per heavy atom. The molecular formula is C10H7F3N4O2. The van der Waals surface area contributed by atoms with Gasteiger partial charge >= 0.3 is 6.18 Å². The van der Waals surface area contributed by atoms with Crippen LogP contribution in [0.1, 0.15) is 11.3 Å². The molecule has 0 aliphatic heterocycles. The van der Waals surface area contributed by atoms with Crippen molar-refractivity contribution < 1.29 is 22.9 Å². The second-order valence-electron chi connectivity index (χ2n) is 3.52. The van der Waals surface area contributed by atoms with Gasteiger partial charge in [-0.15, -0.1) is 0 Å². The van der Waals surface area contributed by atoms with Crippen molar-refractivity contribution in [3.8, 4) is 5.88 Å². The Morgan fingerprint density at radius 3 is 2.63 bits per heavy atom. The Hall–Kier alpha value is -2.58. The SMILES string of the molecule is N=C(Nc1cccc(C(F)(F)F)c1)c1nonc1O. The molecule has 0 radical (unpaired) electrons. The van der Waals surface area contributed by atoms with Crippen molar-refractivity contribution >= 4 is 11.5 Å². The van der Waals surface area contributed by atoms with E-state index >= 15 is 0 Å². The highest BCUT2D eigenvalue weighted by Gasteiger charge is 2.30. The molecule has 100 valence electrons. The smallest absolute Gasteiger partial charge is 0.416 e. The standard InChI is InChI=1S/C10H7F3N4O2/c11-10(12,13)5-2-1-3-6(4-5)15-8(14)7-9(18)17-19-16-7/h1-4H,(H2,14,15)(H,17,18). The molecule has 2 rings (SSSR count). The fourth-order valence-corrected chi connectivity index (χ4v) is 1.32. The summed E-state index contributed by atoms with van der Waals surface area (Å²) in [5.74, 6) is -1.05. The van der Waals surface area contributed by atoms with Gasteiger partial charge in [-0.25, -0.2) is 4.63 Å². The first kappa shape index (κ1) is 12.9. The highest BCUT2D eigenvalue weighted by Crippen LogP contribution is 2.30. The molecule has 0 aliphatic rings. The van der Waals surface area contributed by atoms with E-state index in [4.69, 9.17) is 10.5 Å². The second kappa shape index (κ2) is 4.59. The quantitative estimate of drug-likeness (QED) is 0.575. The molecule has 6 nitrogen and oxygen atoms in total. The van der Waals surface area contributed by atoms with Crippen LogP contribution in [0.4, 0.5) is 18.9 Å². The zero-order valence-electron chi connectivity index (χ0n) is 9.19. The van der Waals surface area contributed by atoms with E-state index in [1.807, 2.05) is 0 Å². The van der Waals surface area contributed by atoms with Crippen molar-refractivity contribution in [2.75, 3.05) is 5.32 Å². The number of aromatic hydroxyl groups is 1. The molecular weight excluding hydrogens is 265 g/mol. The zero-order valence-corrected chi connectivity index (χ0v) is 9.19. The molecule has 1 aromatic carbocycles. The lowest BCUT2D eigenvalue weighted by Gasteiger charge is -2.10. The number of rotatable bonds is 2. The van der Waals surface area contributed by atoms with Crippen LogP contribution in [0.5, 0.6) is 5.88 Å². The lowest BCUT2D eigenvalue weighted by Crippen LogP contribution is -2.13. The first-order valence-corrected chi connectivity index (χ1v) is 4.92. The molecule has 2 aromatic rings. The van der Waals surface area contributed by atoms with Gasteiger partial charge in [-0.3, -0.25) is 5.41 Å². The summed E-state index contributed by atoms with van der Waals surface area (Å²) in [7, 11) is 0. The van der Waals surface area contributed by atoms with E-state index in [-0.39, 0.29) is 11.4 Å². The van der Waals surface area contributed by atoms with E-state index in [1.54, 1.807) is 0 Å². The van der Waals surface area contributed by atoms with Crippen LogP contribution in [0.2, 0.25) is 0 Å². The van der Waals surface area contributed by atoms with E-state index in [1.165, 1.54) is 12.1 Å². The number of nitrogens with zero attached hydrogens (tertiary/aromatic N) is 2. The molecule has 0 bridgehead atoms. The molecule has 0 saturated carbocycles. The Bertz CT molecular complexity index is 609. The first-order chi connectivity index (χ1) is 8.88. The summed E-state index contributed by atoms with van der Waals surface area (Å²) in [6.45, 7) is 0. The molecule has 3 N–H and O–H groups in total. The Labute approximate surface area is 104 Å². The molecule has 9 heteroatoms. The Balaban J connectivity index is 2.21. The minimum absolute atomic E-state index is 0.0298. The normalized spacial score (nSPS) is 11.3. The summed E-state index contributed by atoms with van der Waals surface area (Å²) < 4.78 is 41.6. The summed E-state index contributed by atoms with van der Waals surface area (Å²) in [4.78, 5) is 0. The molecule has 0 unspecified atom stereocenters. The van der Waals surface area contributed by atoms with Gasteiger partial charge in [0, 0.05) is 5.69 Å². The van der Waals surface area contributed by atoms with Crippen LogP contribution in [-0.4, -0.2) is 21.3 Å². The van der Waals surface area contributed by atoms with Crippen LogP contribution >= 0.6 is 0 Å². The predicted octanol–water partition coefficient (Wildman–Crippen LogP) is 2.23. The van der Waals surface area contributed by atoms with E-state index in [9.17, 15) is 13.2 Å². The molecule has 1 aromatic heterocycles. The van der Waals surface area contributed by atoms with Crippen LogP contribution in [0.15, 0.2) is 28.9 Å². The molecule has 1 heterocycles. The zero-order chi connectivity index (χ0) is 14.0. The van der Waals surface area contributed by atoms with Crippen molar-refractivity contribution in [1.29, 1.82) is 5.41 Å². The van der Waals surface area contributed by atoms with E-state index in [0.717, 1.165) is 12.1 Å². The number of benzene rings is 1. The maximum atomic E-state index is 12.5. The third-order valence-corrected chi connectivity index (χ3v) is 2.17. The van der Waals surface area contributed by atoms with Crippen molar-refractivity contribution in [2.45, 2.75) is 6.18 Å². The minimum Gasteiger partial charge on any atom is -0.489 e. The summed E-state index contributed by atoms with van der Waals surface area (Å²) in [5.41, 5.74) is -1.12. The second-order valence-corrected chi connectivity index (χ2v) is 3.52. The number of anilines is 1. The summed E-state index contributed by atoms with van der Waals surface area (Å²) in [5, 5.41) is 25.3. The van der Waals surface area contributed by atoms with Gasteiger partial charge in [0.2, 0.25) is 5.69 Å². The summed E-state index contributed by atoms with van der Waals surface area (Å²) in [6, 6.07) is 4.27. The van der Waals surface area contributed by atoms with Crippen molar-refractivity contribution in [3.63, 3.8) is 0 Å².